The van der Waals surface area contributed by atoms with E-state index >= 15 is 0 Å². The van der Waals surface area contributed by atoms with E-state index in [-0.39, 0.29) is 5.54 Å². The standard InChI is InChI=1S/C13H24N4/c1-4-11-6-8-13(14,9-7-11)12-16-15-10(3)17(12)5-2/h11H,4-9,14H2,1-3H3. The van der Waals surface area contributed by atoms with Gasteiger partial charge < -0.3 is 10.3 Å². The van der Waals surface area contributed by atoms with Crippen LogP contribution in [0.5, 0.6) is 0 Å². The van der Waals surface area contributed by atoms with Crippen LogP contribution >= 0.6 is 0 Å². The molecule has 1 fully saturated rings. The van der Waals surface area contributed by atoms with Gasteiger partial charge in [0.1, 0.15) is 5.82 Å². The Bertz CT molecular complexity index is 375. The van der Waals surface area contributed by atoms with Gasteiger partial charge in [0.25, 0.3) is 0 Å². The van der Waals surface area contributed by atoms with Crippen molar-refractivity contribution in [1.82, 2.24) is 14.8 Å². The largest absolute Gasteiger partial charge is 0.319 e. The van der Waals surface area contributed by atoms with Gasteiger partial charge in [0, 0.05) is 6.54 Å². The van der Waals surface area contributed by atoms with Crippen LogP contribution in [0, 0.1) is 12.8 Å². The van der Waals surface area contributed by atoms with Crippen LogP contribution in [0.25, 0.3) is 0 Å². The minimum Gasteiger partial charge on any atom is -0.319 e. The lowest BCUT2D eigenvalue weighted by Gasteiger charge is -2.36. The van der Waals surface area contributed by atoms with Gasteiger partial charge in [0.2, 0.25) is 0 Å². The quantitative estimate of drug-likeness (QED) is 0.876. The molecule has 1 heterocycles. The highest BCUT2D eigenvalue weighted by Gasteiger charge is 2.36. The van der Waals surface area contributed by atoms with E-state index in [1.165, 1.54) is 19.3 Å². The first kappa shape index (κ1) is 12.6. The lowest BCUT2D eigenvalue weighted by Crippen LogP contribution is -2.43. The highest BCUT2D eigenvalue weighted by Crippen LogP contribution is 2.37. The number of aromatic nitrogens is 3. The van der Waals surface area contributed by atoms with Gasteiger partial charge in [0.15, 0.2) is 5.82 Å². The third kappa shape index (κ3) is 2.23. The fourth-order valence-corrected chi connectivity index (χ4v) is 2.95. The minimum atomic E-state index is -0.247. The second-order valence-corrected chi connectivity index (χ2v) is 5.32. The SMILES string of the molecule is CCC1CCC(N)(c2nnc(C)n2CC)CC1. The van der Waals surface area contributed by atoms with E-state index in [4.69, 9.17) is 5.73 Å². The monoisotopic (exact) mass is 236 g/mol. The van der Waals surface area contributed by atoms with E-state index in [2.05, 4.69) is 28.6 Å². The van der Waals surface area contributed by atoms with Crippen molar-refractivity contribution in [2.75, 3.05) is 0 Å². The summed E-state index contributed by atoms with van der Waals surface area (Å²) in [5.74, 6) is 2.82. The van der Waals surface area contributed by atoms with Gasteiger partial charge in [0.05, 0.1) is 5.54 Å². The van der Waals surface area contributed by atoms with Crippen molar-refractivity contribution in [3.63, 3.8) is 0 Å². The number of nitrogens with two attached hydrogens (primary N) is 1. The Kier molecular flexibility index (Phi) is 3.52. The Morgan fingerprint density at radius 2 is 1.94 bits per heavy atom. The number of aryl methyl sites for hydroxylation is 1. The lowest BCUT2D eigenvalue weighted by atomic mass is 9.75. The molecule has 1 aliphatic rings. The molecule has 1 aliphatic carbocycles. The molecule has 0 aliphatic heterocycles. The molecule has 1 saturated carbocycles. The number of rotatable bonds is 3. The lowest BCUT2D eigenvalue weighted by molar-refractivity contribution is 0.216. The van der Waals surface area contributed by atoms with Gasteiger partial charge in [-0.05, 0) is 45.4 Å². The predicted molar refractivity (Wildman–Crippen MR) is 68.5 cm³/mol. The summed E-state index contributed by atoms with van der Waals surface area (Å²) in [4.78, 5) is 0. The fourth-order valence-electron chi connectivity index (χ4n) is 2.95. The molecule has 0 bridgehead atoms. The average molecular weight is 236 g/mol. The molecule has 1 aromatic rings. The summed E-state index contributed by atoms with van der Waals surface area (Å²) in [7, 11) is 0. The molecule has 2 rings (SSSR count). The number of hydrogen-bond donors (Lipinski definition) is 1. The van der Waals surface area contributed by atoms with Gasteiger partial charge >= 0.3 is 0 Å². The minimum absolute atomic E-state index is 0.247. The van der Waals surface area contributed by atoms with Crippen LogP contribution in [-0.2, 0) is 12.1 Å². The molecule has 1 aromatic heterocycles. The average Bonchev–Trinajstić information content (AvgIpc) is 2.72. The Hall–Kier alpha value is -0.900. The summed E-state index contributed by atoms with van der Waals surface area (Å²) in [5, 5.41) is 8.50. The molecule has 4 heteroatoms. The second-order valence-electron chi connectivity index (χ2n) is 5.32. The molecular weight excluding hydrogens is 212 g/mol. The van der Waals surface area contributed by atoms with Crippen molar-refractivity contribution in [2.45, 2.75) is 65.0 Å². The summed E-state index contributed by atoms with van der Waals surface area (Å²) < 4.78 is 2.16. The zero-order valence-corrected chi connectivity index (χ0v) is 11.2. The van der Waals surface area contributed by atoms with E-state index in [0.29, 0.717) is 0 Å². The van der Waals surface area contributed by atoms with Crippen molar-refractivity contribution in [3.05, 3.63) is 11.6 Å². The maximum absolute atomic E-state index is 6.56. The molecule has 0 aromatic carbocycles. The second kappa shape index (κ2) is 4.77. The Morgan fingerprint density at radius 1 is 1.29 bits per heavy atom. The van der Waals surface area contributed by atoms with Crippen LogP contribution in [0.3, 0.4) is 0 Å². The van der Waals surface area contributed by atoms with Crippen LogP contribution in [0.15, 0.2) is 0 Å². The molecule has 4 nitrogen and oxygen atoms in total. The van der Waals surface area contributed by atoms with Gasteiger partial charge in [-0.3, -0.25) is 0 Å². The van der Waals surface area contributed by atoms with Crippen LogP contribution in [0.1, 0.15) is 57.6 Å². The first-order chi connectivity index (χ1) is 8.10. The Balaban J connectivity index is 2.21. The molecule has 0 atom stereocenters. The van der Waals surface area contributed by atoms with Gasteiger partial charge in [-0.2, -0.15) is 0 Å². The topological polar surface area (TPSA) is 56.7 Å². The molecule has 0 saturated heterocycles. The van der Waals surface area contributed by atoms with E-state index in [9.17, 15) is 0 Å². The first-order valence-corrected chi connectivity index (χ1v) is 6.80. The molecular formula is C13H24N4. The van der Waals surface area contributed by atoms with Crippen LogP contribution in [-0.4, -0.2) is 14.8 Å². The molecule has 0 radical (unpaired) electrons. The number of hydrogen-bond acceptors (Lipinski definition) is 3. The fraction of sp³-hybridized carbons (Fsp3) is 0.846. The number of nitrogens with zero attached hydrogens (tertiary/aromatic N) is 3. The summed E-state index contributed by atoms with van der Waals surface area (Å²) in [5.41, 5.74) is 6.32. The maximum atomic E-state index is 6.56. The molecule has 2 N–H and O–H groups in total. The summed E-state index contributed by atoms with van der Waals surface area (Å²) in [6.45, 7) is 7.30. The Morgan fingerprint density at radius 3 is 2.47 bits per heavy atom. The van der Waals surface area contributed by atoms with Crippen molar-refractivity contribution in [1.29, 1.82) is 0 Å². The third-order valence-corrected chi connectivity index (χ3v) is 4.27. The van der Waals surface area contributed by atoms with Crippen molar-refractivity contribution in [2.24, 2.45) is 11.7 Å². The predicted octanol–water partition coefficient (Wildman–Crippen LogP) is 2.36. The highest BCUT2D eigenvalue weighted by atomic mass is 15.3. The van der Waals surface area contributed by atoms with Crippen molar-refractivity contribution >= 4 is 0 Å². The Labute approximate surface area is 104 Å². The van der Waals surface area contributed by atoms with Crippen LogP contribution in [0.2, 0.25) is 0 Å². The van der Waals surface area contributed by atoms with Gasteiger partial charge in [-0.25, -0.2) is 0 Å². The zero-order valence-electron chi connectivity index (χ0n) is 11.2. The van der Waals surface area contributed by atoms with Gasteiger partial charge in [-0.1, -0.05) is 13.3 Å². The summed E-state index contributed by atoms with van der Waals surface area (Å²) in [6.07, 6.45) is 5.81. The third-order valence-electron chi connectivity index (χ3n) is 4.27. The van der Waals surface area contributed by atoms with Gasteiger partial charge in [-0.15, -0.1) is 10.2 Å². The maximum Gasteiger partial charge on any atom is 0.153 e. The van der Waals surface area contributed by atoms with Crippen molar-refractivity contribution in [3.8, 4) is 0 Å². The molecule has 0 amide bonds. The highest BCUT2D eigenvalue weighted by molar-refractivity contribution is 5.09. The van der Waals surface area contributed by atoms with Crippen LogP contribution < -0.4 is 5.73 Å². The zero-order chi connectivity index (χ0) is 12.5. The van der Waals surface area contributed by atoms with E-state index in [0.717, 1.165) is 37.0 Å². The molecule has 0 spiro atoms. The smallest absolute Gasteiger partial charge is 0.153 e. The molecule has 17 heavy (non-hydrogen) atoms. The van der Waals surface area contributed by atoms with E-state index < -0.39 is 0 Å². The normalized spacial score (nSPS) is 29.5. The molecule has 0 unspecified atom stereocenters. The molecule has 96 valence electrons. The summed E-state index contributed by atoms with van der Waals surface area (Å²) in [6, 6.07) is 0. The van der Waals surface area contributed by atoms with Crippen LogP contribution in [0.4, 0.5) is 0 Å². The summed E-state index contributed by atoms with van der Waals surface area (Å²) >= 11 is 0. The first-order valence-electron chi connectivity index (χ1n) is 6.80. The van der Waals surface area contributed by atoms with E-state index in [1.54, 1.807) is 0 Å². The van der Waals surface area contributed by atoms with E-state index in [1.807, 2.05) is 6.92 Å². The van der Waals surface area contributed by atoms with Crippen molar-refractivity contribution < 1.29 is 0 Å².